The average molecular weight is 327 g/mol. The third-order valence-electron chi connectivity index (χ3n) is 3.38. The minimum Gasteiger partial charge on any atom is -0.489 e. The van der Waals surface area contributed by atoms with Gasteiger partial charge in [0.15, 0.2) is 0 Å². The Balaban J connectivity index is 2.20. The molecular weight excluding hydrogens is 306 g/mol. The number of rotatable bonds is 8. The van der Waals surface area contributed by atoms with Crippen molar-refractivity contribution in [1.29, 1.82) is 0 Å². The lowest BCUT2D eigenvalue weighted by atomic mass is 10.2. The van der Waals surface area contributed by atoms with E-state index < -0.39 is 5.97 Å². The Kier molecular flexibility index (Phi) is 6.37. The second-order valence-electron chi connectivity index (χ2n) is 5.18. The molecule has 0 aliphatic carbocycles. The van der Waals surface area contributed by atoms with Crippen molar-refractivity contribution in [2.75, 3.05) is 6.61 Å². The standard InChI is InChI=1S/C19H21NO4/c1-3-8-16-11-17(24-14-15-9-6-5-7-10-15)12-18(21)20(16)13-19(22)23-4-2/h3,5-7,9-12H,1,4,8,13-14H2,2H3. The fourth-order valence-electron chi connectivity index (χ4n) is 2.28. The maximum Gasteiger partial charge on any atom is 0.326 e. The van der Waals surface area contributed by atoms with Crippen LogP contribution < -0.4 is 10.3 Å². The summed E-state index contributed by atoms with van der Waals surface area (Å²) in [4.78, 5) is 24.0. The summed E-state index contributed by atoms with van der Waals surface area (Å²) in [5.74, 6) is 0.0312. The Labute approximate surface area is 141 Å². The third kappa shape index (κ3) is 4.84. The number of hydrogen-bond acceptors (Lipinski definition) is 4. The number of carbonyl (C=O) groups excluding carboxylic acids is 1. The summed E-state index contributed by atoms with van der Waals surface area (Å²) in [5.41, 5.74) is 1.37. The van der Waals surface area contributed by atoms with Crippen LogP contribution >= 0.6 is 0 Å². The topological polar surface area (TPSA) is 57.5 Å². The van der Waals surface area contributed by atoms with Crippen LogP contribution in [-0.2, 0) is 29.1 Å². The predicted octanol–water partition coefficient (Wildman–Crippen LogP) is 2.72. The molecule has 0 amide bonds. The first-order valence-corrected chi connectivity index (χ1v) is 7.81. The van der Waals surface area contributed by atoms with Gasteiger partial charge in [0, 0.05) is 24.2 Å². The number of nitrogens with zero attached hydrogens (tertiary/aromatic N) is 1. The van der Waals surface area contributed by atoms with Crippen LogP contribution in [0.25, 0.3) is 0 Å². The number of benzene rings is 1. The molecule has 2 aromatic rings. The highest BCUT2D eigenvalue weighted by Gasteiger charge is 2.11. The molecule has 5 nitrogen and oxygen atoms in total. The lowest BCUT2D eigenvalue weighted by Crippen LogP contribution is -2.27. The van der Waals surface area contributed by atoms with Crippen molar-refractivity contribution in [3.8, 4) is 5.75 Å². The first-order chi connectivity index (χ1) is 11.6. The minimum atomic E-state index is -0.442. The van der Waals surface area contributed by atoms with Crippen LogP contribution in [0, 0.1) is 0 Å². The Bertz CT molecular complexity index is 750. The van der Waals surface area contributed by atoms with Crippen LogP contribution in [0.2, 0.25) is 0 Å². The quantitative estimate of drug-likeness (QED) is 0.552. The van der Waals surface area contributed by atoms with Crippen molar-refractivity contribution >= 4 is 5.97 Å². The van der Waals surface area contributed by atoms with Crippen molar-refractivity contribution in [2.45, 2.75) is 26.5 Å². The number of allylic oxidation sites excluding steroid dienone is 1. The molecule has 0 saturated carbocycles. The summed E-state index contributed by atoms with van der Waals surface area (Å²) in [7, 11) is 0. The van der Waals surface area contributed by atoms with Crippen molar-refractivity contribution in [3.05, 3.63) is 76.7 Å². The van der Waals surface area contributed by atoms with E-state index in [9.17, 15) is 9.59 Å². The van der Waals surface area contributed by atoms with E-state index in [1.807, 2.05) is 30.3 Å². The number of hydrogen-bond donors (Lipinski definition) is 0. The van der Waals surface area contributed by atoms with Crippen molar-refractivity contribution in [2.24, 2.45) is 0 Å². The van der Waals surface area contributed by atoms with Crippen LogP contribution in [0.4, 0.5) is 0 Å². The molecule has 5 heteroatoms. The van der Waals surface area contributed by atoms with Crippen LogP contribution in [-0.4, -0.2) is 17.1 Å². The second-order valence-corrected chi connectivity index (χ2v) is 5.18. The van der Waals surface area contributed by atoms with Gasteiger partial charge in [-0.1, -0.05) is 36.4 Å². The molecule has 0 radical (unpaired) electrons. The van der Waals surface area contributed by atoms with Gasteiger partial charge in [0.05, 0.1) is 6.61 Å². The van der Waals surface area contributed by atoms with Crippen LogP contribution in [0.1, 0.15) is 18.2 Å². The Morgan fingerprint density at radius 2 is 2.00 bits per heavy atom. The highest BCUT2D eigenvalue weighted by atomic mass is 16.5. The van der Waals surface area contributed by atoms with Crippen LogP contribution in [0.3, 0.4) is 0 Å². The predicted molar refractivity (Wildman–Crippen MR) is 92.0 cm³/mol. The summed E-state index contributed by atoms with van der Waals surface area (Å²) < 4.78 is 12.0. The Morgan fingerprint density at radius 3 is 2.67 bits per heavy atom. The van der Waals surface area contributed by atoms with Gasteiger partial charge in [0.25, 0.3) is 5.56 Å². The molecule has 1 aromatic heterocycles. The normalized spacial score (nSPS) is 10.2. The summed E-state index contributed by atoms with van der Waals surface area (Å²) in [5, 5.41) is 0. The molecule has 0 spiro atoms. The molecule has 0 aliphatic heterocycles. The Hall–Kier alpha value is -2.82. The molecule has 0 N–H and O–H groups in total. The molecule has 1 heterocycles. The second kappa shape index (κ2) is 8.72. The van der Waals surface area contributed by atoms with E-state index in [0.29, 0.717) is 24.5 Å². The lowest BCUT2D eigenvalue weighted by Gasteiger charge is -2.13. The highest BCUT2D eigenvalue weighted by Crippen LogP contribution is 2.14. The van der Waals surface area contributed by atoms with Crippen molar-refractivity contribution in [1.82, 2.24) is 4.57 Å². The first-order valence-electron chi connectivity index (χ1n) is 7.81. The fourth-order valence-corrected chi connectivity index (χ4v) is 2.28. The maximum absolute atomic E-state index is 12.3. The Morgan fingerprint density at radius 1 is 1.25 bits per heavy atom. The number of aromatic nitrogens is 1. The SMILES string of the molecule is C=CCc1cc(OCc2ccccc2)cc(=O)n1CC(=O)OCC. The number of ether oxygens (including phenoxy) is 2. The molecule has 0 aliphatic rings. The zero-order valence-corrected chi connectivity index (χ0v) is 13.7. The van der Waals surface area contributed by atoms with Gasteiger partial charge in [0.1, 0.15) is 18.9 Å². The smallest absolute Gasteiger partial charge is 0.326 e. The van der Waals surface area contributed by atoms with E-state index in [1.165, 1.54) is 10.6 Å². The van der Waals surface area contributed by atoms with Gasteiger partial charge in [0.2, 0.25) is 0 Å². The largest absolute Gasteiger partial charge is 0.489 e. The van der Waals surface area contributed by atoms with Gasteiger partial charge in [-0.3, -0.25) is 9.59 Å². The number of esters is 1. The zero-order chi connectivity index (χ0) is 17.4. The monoisotopic (exact) mass is 327 g/mol. The molecule has 1 aromatic carbocycles. The van der Waals surface area contributed by atoms with Crippen molar-refractivity contribution < 1.29 is 14.3 Å². The van der Waals surface area contributed by atoms with Gasteiger partial charge in [-0.15, -0.1) is 6.58 Å². The minimum absolute atomic E-state index is 0.116. The zero-order valence-electron chi connectivity index (χ0n) is 13.7. The summed E-state index contributed by atoms with van der Waals surface area (Å²) >= 11 is 0. The maximum atomic E-state index is 12.3. The molecule has 0 fully saturated rings. The number of carbonyl (C=O) groups is 1. The van der Waals surface area contributed by atoms with E-state index >= 15 is 0 Å². The third-order valence-corrected chi connectivity index (χ3v) is 3.38. The van der Waals surface area contributed by atoms with Gasteiger partial charge >= 0.3 is 5.97 Å². The van der Waals surface area contributed by atoms with Crippen LogP contribution in [0.15, 0.2) is 59.9 Å². The summed E-state index contributed by atoms with van der Waals surface area (Å²) in [6, 6.07) is 12.8. The van der Waals surface area contributed by atoms with Gasteiger partial charge < -0.3 is 14.0 Å². The van der Waals surface area contributed by atoms with E-state index in [1.54, 1.807) is 19.1 Å². The molecule has 126 valence electrons. The average Bonchev–Trinajstić information content (AvgIpc) is 2.57. The molecule has 2 rings (SSSR count). The molecular formula is C19H21NO4. The molecule has 24 heavy (non-hydrogen) atoms. The van der Waals surface area contributed by atoms with E-state index in [-0.39, 0.29) is 18.7 Å². The van der Waals surface area contributed by atoms with E-state index in [2.05, 4.69) is 6.58 Å². The van der Waals surface area contributed by atoms with E-state index in [4.69, 9.17) is 9.47 Å². The van der Waals surface area contributed by atoms with E-state index in [0.717, 1.165) is 5.56 Å². The van der Waals surface area contributed by atoms with Crippen LogP contribution in [0.5, 0.6) is 5.75 Å². The number of pyridine rings is 1. The molecule has 0 bridgehead atoms. The molecule has 0 saturated heterocycles. The molecule has 0 atom stereocenters. The summed E-state index contributed by atoms with van der Waals surface area (Å²) in [6.07, 6.45) is 2.13. The highest BCUT2D eigenvalue weighted by molar-refractivity contribution is 5.69. The van der Waals surface area contributed by atoms with Gasteiger partial charge in [-0.2, -0.15) is 0 Å². The summed E-state index contributed by atoms with van der Waals surface area (Å²) in [6.45, 7) is 5.96. The first kappa shape index (κ1) is 17.5. The fraction of sp³-hybridized carbons (Fsp3) is 0.263. The van der Waals surface area contributed by atoms with Gasteiger partial charge in [-0.25, -0.2) is 0 Å². The molecule has 0 unspecified atom stereocenters. The van der Waals surface area contributed by atoms with Crippen molar-refractivity contribution in [3.63, 3.8) is 0 Å². The van der Waals surface area contributed by atoms with Gasteiger partial charge in [-0.05, 0) is 12.5 Å². The lowest BCUT2D eigenvalue weighted by molar-refractivity contribution is -0.143.